The molecule has 0 heterocycles. The maximum Gasteiger partial charge on any atom is 0.218 e. The van der Waals surface area contributed by atoms with E-state index in [0.29, 0.717) is 0 Å². The van der Waals surface area contributed by atoms with Gasteiger partial charge in [-0.2, -0.15) is 0 Å². The molecule has 0 saturated heterocycles. The van der Waals surface area contributed by atoms with Gasteiger partial charge in [0.2, 0.25) is 5.91 Å². The normalized spacial score (nSPS) is 23.3. The number of hydrogen-bond acceptors (Lipinski definition) is 1. The van der Waals surface area contributed by atoms with Crippen LogP contribution >= 0.6 is 15.9 Å². The van der Waals surface area contributed by atoms with Gasteiger partial charge >= 0.3 is 0 Å². The Morgan fingerprint density at radius 3 is 2.93 bits per heavy atom. The molecule has 1 aliphatic rings. The molecule has 1 unspecified atom stereocenters. The summed E-state index contributed by atoms with van der Waals surface area (Å²) in [6.45, 7) is 1.53. The fraction of sp³-hybridized carbons (Fsp3) is 0.250. The number of carbonyl (C=O) groups is 1. The molecule has 1 aromatic carbocycles. The topological polar surface area (TPSA) is 29.1 Å². The first-order valence-corrected chi connectivity index (χ1v) is 5.65. The number of carbonyl (C=O) groups excluding carboxylic acids is 1. The molecule has 0 radical (unpaired) electrons. The van der Waals surface area contributed by atoms with Crippen molar-refractivity contribution in [3.63, 3.8) is 0 Å². The maximum atomic E-state index is 11.2. The Kier molecular flexibility index (Phi) is 2.65. The Bertz CT molecular complexity index is 427. The highest BCUT2D eigenvalue weighted by Gasteiger charge is 2.32. The number of nitrogens with one attached hydrogen (secondary N) is 1. The summed E-state index contributed by atoms with van der Waals surface area (Å²) in [5.74, 6) is -0.0306. The molecule has 78 valence electrons. The lowest BCUT2D eigenvalue weighted by Gasteiger charge is -2.31. The first-order valence-electron chi connectivity index (χ1n) is 4.85. The van der Waals surface area contributed by atoms with E-state index in [4.69, 9.17) is 0 Å². The van der Waals surface area contributed by atoms with E-state index in [1.807, 2.05) is 24.3 Å². The standard InChI is InChI=1S/C12H12BrNO/c1-9(15)14-12(13)8-4-6-10-5-2-3-7-11(10)12/h2-7H,8H2,1H3,(H,14,15). The lowest BCUT2D eigenvalue weighted by atomic mass is 9.92. The number of hydrogen-bond donors (Lipinski definition) is 1. The van der Waals surface area contributed by atoms with E-state index < -0.39 is 4.45 Å². The summed E-state index contributed by atoms with van der Waals surface area (Å²) in [5, 5.41) is 2.94. The number of alkyl halides is 1. The second-order valence-corrected chi connectivity index (χ2v) is 5.03. The van der Waals surface area contributed by atoms with Crippen LogP contribution in [-0.2, 0) is 9.24 Å². The smallest absolute Gasteiger partial charge is 0.218 e. The Morgan fingerprint density at radius 2 is 2.20 bits per heavy atom. The molecule has 1 aromatic rings. The lowest BCUT2D eigenvalue weighted by Crippen LogP contribution is -2.40. The molecule has 1 amide bonds. The maximum absolute atomic E-state index is 11.2. The summed E-state index contributed by atoms with van der Waals surface area (Å²) in [5.41, 5.74) is 2.26. The molecule has 0 saturated carbocycles. The lowest BCUT2D eigenvalue weighted by molar-refractivity contribution is -0.119. The molecule has 2 rings (SSSR count). The van der Waals surface area contributed by atoms with Crippen LogP contribution < -0.4 is 5.32 Å². The number of rotatable bonds is 1. The van der Waals surface area contributed by atoms with Crippen molar-refractivity contribution in [2.24, 2.45) is 0 Å². The zero-order valence-electron chi connectivity index (χ0n) is 8.46. The molecule has 3 heteroatoms. The van der Waals surface area contributed by atoms with Crippen molar-refractivity contribution in [3.05, 3.63) is 41.5 Å². The zero-order valence-corrected chi connectivity index (χ0v) is 10.0. The van der Waals surface area contributed by atoms with Crippen LogP contribution in [-0.4, -0.2) is 5.91 Å². The van der Waals surface area contributed by atoms with Crippen LogP contribution in [0.15, 0.2) is 30.3 Å². The van der Waals surface area contributed by atoms with Crippen LogP contribution in [0.2, 0.25) is 0 Å². The zero-order chi connectivity index (χ0) is 10.9. The van der Waals surface area contributed by atoms with Gasteiger partial charge in [-0.25, -0.2) is 0 Å². The average Bonchev–Trinajstić information content (AvgIpc) is 2.17. The van der Waals surface area contributed by atoms with Crippen molar-refractivity contribution in [1.82, 2.24) is 5.32 Å². The van der Waals surface area contributed by atoms with Crippen molar-refractivity contribution < 1.29 is 4.79 Å². The number of halogens is 1. The Hall–Kier alpha value is -1.09. The highest BCUT2D eigenvalue weighted by Crippen LogP contribution is 2.38. The molecule has 0 aliphatic heterocycles. The van der Waals surface area contributed by atoms with Crippen LogP contribution in [0.3, 0.4) is 0 Å². The van der Waals surface area contributed by atoms with Gasteiger partial charge in [-0.05, 0) is 11.1 Å². The number of benzene rings is 1. The third kappa shape index (κ3) is 1.97. The van der Waals surface area contributed by atoms with Crippen LogP contribution in [0, 0.1) is 0 Å². The molecule has 1 N–H and O–H groups in total. The third-order valence-electron chi connectivity index (χ3n) is 2.46. The van der Waals surface area contributed by atoms with E-state index in [9.17, 15) is 4.79 Å². The number of fused-ring (bicyclic) bond motifs is 1. The Balaban J connectivity index is 2.45. The molecule has 15 heavy (non-hydrogen) atoms. The SMILES string of the molecule is CC(=O)NC1(Br)CC=Cc2ccccc21. The number of amides is 1. The molecule has 0 spiro atoms. The second kappa shape index (κ2) is 3.81. The molecule has 1 aliphatic carbocycles. The first kappa shape index (κ1) is 10.4. The highest BCUT2D eigenvalue weighted by molar-refractivity contribution is 9.09. The van der Waals surface area contributed by atoms with E-state index >= 15 is 0 Å². The minimum absolute atomic E-state index is 0.0306. The molecular weight excluding hydrogens is 254 g/mol. The second-order valence-electron chi connectivity index (χ2n) is 3.68. The van der Waals surface area contributed by atoms with Gasteiger partial charge in [0.15, 0.2) is 0 Å². The van der Waals surface area contributed by atoms with Crippen LogP contribution in [0.4, 0.5) is 0 Å². The molecule has 0 fully saturated rings. The van der Waals surface area contributed by atoms with Gasteiger partial charge in [0.25, 0.3) is 0 Å². The van der Waals surface area contributed by atoms with Crippen molar-refractivity contribution in [1.29, 1.82) is 0 Å². The highest BCUT2D eigenvalue weighted by atomic mass is 79.9. The van der Waals surface area contributed by atoms with Gasteiger partial charge in [-0.1, -0.05) is 52.3 Å². The van der Waals surface area contributed by atoms with Gasteiger partial charge in [0.1, 0.15) is 4.45 Å². The van der Waals surface area contributed by atoms with Gasteiger partial charge in [-0.3, -0.25) is 4.79 Å². The van der Waals surface area contributed by atoms with Gasteiger partial charge in [-0.15, -0.1) is 0 Å². The Labute approximate surface area is 97.5 Å². The molecule has 1 atom stereocenters. The summed E-state index contributed by atoms with van der Waals surface area (Å²) in [6.07, 6.45) is 4.91. The molecular formula is C12H12BrNO. The predicted molar refractivity (Wildman–Crippen MR) is 64.5 cm³/mol. The molecule has 0 bridgehead atoms. The molecule has 0 aromatic heterocycles. The fourth-order valence-electron chi connectivity index (χ4n) is 1.86. The Morgan fingerprint density at radius 1 is 1.47 bits per heavy atom. The quantitative estimate of drug-likeness (QED) is 0.614. The summed E-state index contributed by atoms with van der Waals surface area (Å²) in [6, 6.07) is 8.05. The van der Waals surface area contributed by atoms with Crippen LogP contribution in [0.5, 0.6) is 0 Å². The van der Waals surface area contributed by atoms with Crippen molar-refractivity contribution >= 4 is 27.9 Å². The van der Waals surface area contributed by atoms with E-state index in [0.717, 1.165) is 17.5 Å². The average molecular weight is 266 g/mol. The molecule has 2 nitrogen and oxygen atoms in total. The van der Waals surface area contributed by atoms with Crippen molar-refractivity contribution in [3.8, 4) is 0 Å². The van der Waals surface area contributed by atoms with E-state index in [1.54, 1.807) is 0 Å². The van der Waals surface area contributed by atoms with Gasteiger partial charge in [0.05, 0.1) is 0 Å². The fourth-order valence-corrected chi connectivity index (χ4v) is 2.69. The van der Waals surface area contributed by atoms with E-state index in [-0.39, 0.29) is 5.91 Å². The summed E-state index contributed by atoms with van der Waals surface area (Å²) in [4.78, 5) is 11.2. The largest absolute Gasteiger partial charge is 0.337 e. The van der Waals surface area contributed by atoms with Gasteiger partial charge < -0.3 is 5.32 Å². The van der Waals surface area contributed by atoms with E-state index in [1.165, 1.54) is 6.92 Å². The first-order chi connectivity index (χ1) is 7.12. The summed E-state index contributed by atoms with van der Waals surface area (Å²) >= 11 is 3.61. The van der Waals surface area contributed by atoms with Crippen molar-refractivity contribution in [2.75, 3.05) is 0 Å². The van der Waals surface area contributed by atoms with Crippen molar-refractivity contribution in [2.45, 2.75) is 17.8 Å². The third-order valence-corrected chi connectivity index (χ3v) is 3.41. The summed E-state index contributed by atoms with van der Waals surface area (Å²) < 4.78 is -0.440. The minimum Gasteiger partial charge on any atom is -0.337 e. The summed E-state index contributed by atoms with van der Waals surface area (Å²) in [7, 11) is 0. The van der Waals surface area contributed by atoms with Crippen LogP contribution in [0.25, 0.3) is 6.08 Å². The van der Waals surface area contributed by atoms with Gasteiger partial charge in [0, 0.05) is 13.3 Å². The van der Waals surface area contributed by atoms with E-state index in [2.05, 4.69) is 33.4 Å². The predicted octanol–water partition coefficient (Wildman–Crippen LogP) is 2.79. The minimum atomic E-state index is -0.440. The van der Waals surface area contributed by atoms with Crippen LogP contribution in [0.1, 0.15) is 24.5 Å². The monoisotopic (exact) mass is 265 g/mol.